The molecule has 0 radical (unpaired) electrons. The second-order valence-electron chi connectivity index (χ2n) is 1.67. The number of carboxylic acid groups (broad SMARTS) is 1. The minimum Gasteiger partial charge on any atom is -0.464 e. The van der Waals surface area contributed by atoms with E-state index >= 15 is 0 Å². The molecule has 0 saturated carbocycles. The average molecular weight is 142 g/mol. The Kier molecular flexibility index (Phi) is 1.59. The van der Waals surface area contributed by atoms with E-state index in [1.54, 1.807) is 0 Å². The van der Waals surface area contributed by atoms with Crippen LogP contribution in [0.3, 0.4) is 0 Å². The Bertz CT molecular complexity index is 185. The molecule has 0 unspecified atom stereocenters. The van der Waals surface area contributed by atoms with E-state index in [1.807, 2.05) is 0 Å². The molecule has 1 aliphatic rings. The minimum atomic E-state index is -1.08. The number of amides is 1. The third-order valence-electron chi connectivity index (χ3n) is 0.981. The van der Waals surface area contributed by atoms with Gasteiger partial charge in [-0.05, 0) is 0 Å². The Hall–Kier alpha value is -1.49. The fraction of sp³-hybridized carbons (Fsp3) is 0. The van der Waals surface area contributed by atoms with Crippen molar-refractivity contribution < 1.29 is 15.1 Å². The summed E-state index contributed by atoms with van der Waals surface area (Å²) in [5, 5.41) is 17.8. The average Bonchev–Trinajstić information content (AvgIpc) is 1.88. The topological polar surface area (TPSA) is 64.0 Å². The highest BCUT2D eigenvalue weighted by Crippen LogP contribution is 2.01. The molecule has 2 N–H and O–H groups in total. The van der Waals surface area contributed by atoms with Crippen molar-refractivity contribution >= 4 is 6.09 Å². The van der Waals surface area contributed by atoms with E-state index in [2.05, 4.69) is 0 Å². The van der Waals surface area contributed by atoms with Crippen LogP contribution >= 0.6 is 0 Å². The first-order chi connectivity index (χ1) is 4.70. The summed E-state index contributed by atoms with van der Waals surface area (Å²) in [5.41, 5.74) is 0. The summed E-state index contributed by atoms with van der Waals surface area (Å²) in [6.45, 7) is 0. The number of hydroxylamine groups is 2. The predicted octanol–water partition coefficient (Wildman–Crippen LogP) is 0.614. The molecule has 1 aliphatic heterocycles. The molecule has 1 rings (SSSR count). The van der Waals surface area contributed by atoms with Gasteiger partial charge in [0, 0.05) is 24.8 Å². The van der Waals surface area contributed by atoms with Crippen molar-refractivity contribution in [3.05, 3.63) is 24.8 Å². The number of hydrogen-bond donors (Lipinski definition) is 2. The zero-order valence-corrected chi connectivity index (χ0v) is 5.01. The molecule has 0 aromatic rings. The maximum atomic E-state index is 10.2. The van der Waals surface area contributed by atoms with Crippen molar-refractivity contribution in [3.63, 3.8) is 0 Å². The van der Waals surface area contributed by atoms with Crippen LogP contribution in [-0.4, -0.2) is 26.4 Å². The van der Waals surface area contributed by atoms with Crippen molar-refractivity contribution in [1.29, 1.82) is 0 Å². The van der Waals surface area contributed by atoms with Gasteiger partial charge in [0.2, 0.25) is 0 Å². The van der Waals surface area contributed by atoms with Gasteiger partial charge in [-0.3, -0.25) is 10.1 Å². The van der Waals surface area contributed by atoms with Gasteiger partial charge < -0.3 is 5.11 Å². The summed E-state index contributed by atoms with van der Waals surface area (Å²) in [4.78, 5) is 11.1. The molecule has 5 heteroatoms. The summed E-state index contributed by atoms with van der Waals surface area (Å²) in [6.07, 6.45) is 3.80. The Morgan fingerprint density at radius 1 is 1.20 bits per heavy atom. The summed E-state index contributed by atoms with van der Waals surface area (Å²) < 4.78 is 0. The van der Waals surface area contributed by atoms with Crippen LogP contribution < -0.4 is 0 Å². The summed E-state index contributed by atoms with van der Waals surface area (Å²) >= 11 is 0. The first-order valence-corrected chi connectivity index (χ1v) is 2.55. The van der Waals surface area contributed by atoms with Crippen LogP contribution in [0.4, 0.5) is 4.79 Å². The van der Waals surface area contributed by atoms with E-state index in [4.69, 9.17) is 10.3 Å². The van der Waals surface area contributed by atoms with Gasteiger partial charge in [-0.25, -0.2) is 9.86 Å². The number of hydrogen-bond acceptors (Lipinski definition) is 3. The summed E-state index contributed by atoms with van der Waals surface area (Å²) in [7, 11) is 0. The van der Waals surface area contributed by atoms with Crippen molar-refractivity contribution in [2.45, 2.75) is 0 Å². The summed E-state index contributed by atoms with van der Waals surface area (Å²) in [6, 6.07) is 0. The maximum Gasteiger partial charge on any atom is 0.415 e. The maximum absolute atomic E-state index is 10.2. The van der Waals surface area contributed by atoms with E-state index in [0.717, 1.165) is 9.96 Å². The molecule has 5 nitrogen and oxygen atoms in total. The molecule has 1 amide bonds. The number of carbonyl (C=O) groups is 1. The van der Waals surface area contributed by atoms with Crippen LogP contribution in [-0.2, 0) is 0 Å². The van der Waals surface area contributed by atoms with Crippen molar-refractivity contribution in [3.8, 4) is 0 Å². The third kappa shape index (κ3) is 1.26. The van der Waals surface area contributed by atoms with Crippen LogP contribution in [0, 0.1) is 0 Å². The molecular weight excluding hydrogens is 136 g/mol. The highest BCUT2D eigenvalue weighted by Gasteiger charge is 2.06. The fourth-order valence-electron chi connectivity index (χ4n) is 0.507. The quantitative estimate of drug-likeness (QED) is 0.520. The van der Waals surface area contributed by atoms with Crippen molar-refractivity contribution in [2.24, 2.45) is 0 Å². The first kappa shape index (κ1) is 6.63. The molecule has 0 saturated heterocycles. The van der Waals surface area contributed by atoms with Gasteiger partial charge in [0.05, 0.1) is 0 Å². The lowest BCUT2D eigenvalue weighted by Crippen LogP contribution is -2.22. The van der Waals surface area contributed by atoms with E-state index in [9.17, 15) is 4.79 Å². The van der Waals surface area contributed by atoms with Gasteiger partial charge in [-0.1, -0.05) is 0 Å². The van der Waals surface area contributed by atoms with Gasteiger partial charge in [0.15, 0.2) is 0 Å². The molecule has 0 fully saturated rings. The molecule has 1 heterocycles. The van der Waals surface area contributed by atoms with Crippen LogP contribution in [0.5, 0.6) is 0 Å². The Morgan fingerprint density at radius 3 is 2.10 bits per heavy atom. The molecule has 0 spiro atoms. The Morgan fingerprint density at radius 2 is 1.70 bits per heavy atom. The molecule has 54 valence electrons. The lowest BCUT2D eigenvalue weighted by Gasteiger charge is -2.15. The largest absolute Gasteiger partial charge is 0.464 e. The van der Waals surface area contributed by atoms with Gasteiger partial charge >= 0.3 is 6.09 Å². The van der Waals surface area contributed by atoms with Crippen molar-refractivity contribution in [2.75, 3.05) is 0 Å². The molecule has 10 heavy (non-hydrogen) atoms. The third-order valence-corrected chi connectivity index (χ3v) is 0.981. The second-order valence-corrected chi connectivity index (χ2v) is 1.67. The highest BCUT2D eigenvalue weighted by molar-refractivity contribution is 5.67. The zero-order valence-electron chi connectivity index (χ0n) is 5.01. The van der Waals surface area contributed by atoms with Crippen LogP contribution in [0.1, 0.15) is 0 Å². The normalized spacial score (nSPS) is 16.1. The van der Waals surface area contributed by atoms with Crippen molar-refractivity contribution in [1.82, 2.24) is 9.96 Å². The van der Waals surface area contributed by atoms with E-state index < -0.39 is 6.09 Å². The first-order valence-electron chi connectivity index (χ1n) is 2.55. The monoisotopic (exact) mass is 142 g/mol. The number of rotatable bonds is 0. The van der Waals surface area contributed by atoms with E-state index in [1.165, 1.54) is 24.8 Å². The summed E-state index contributed by atoms with van der Waals surface area (Å²) in [5.74, 6) is 0. The molecule has 0 bridgehead atoms. The van der Waals surface area contributed by atoms with E-state index in [-0.39, 0.29) is 0 Å². The SMILES string of the molecule is O=C(O)N1C=CN(O)C=C1. The van der Waals surface area contributed by atoms with Crippen LogP contribution in [0.15, 0.2) is 24.8 Å². The van der Waals surface area contributed by atoms with Crippen LogP contribution in [0.2, 0.25) is 0 Å². The molecular formula is C5H6N2O3. The van der Waals surface area contributed by atoms with Gasteiger partial charge in [-0.15, -0.1) is 0 Å². The standard InChI is InChI=1S/C5H6N2O3/c8-5(9)6-1-3-7(10)4-2-6/h1-4,10H,(H,8,9). The second kappa shape index (κ2) is 2.40. The molecule has 0 atom stereocenters. The Labute approximate surface area is 57.0 Å². The van der Waals surface area contributed by atoms with Gasteiger partial charge in [-0.2, -0.15) is 0 Å². The van der Waals surface area contributed by atoms with Gasteiger partial charge in [0.1, 0.15) is 0 Å². The fourth-order valence-corrected chi connectivity index (χ4v) is 0.507. The molecule has 0 aliphatic carbocycles. The lowest BCUT2D eigenvalue weighted by molar-refractivity contribution is 0.00617. The Balaban J connectivity index is 2.62. The molecule has 0 aromatic carbocycles. The molecule has 0 aromatic heterocycles. The highest BCUT2D eigenvalue weighted by atomic mass is 16.5. The van der Waals surface area contributed by atoms with Gasteiger partial charge in [0.25, 0.3) is 0 Å². The lowest BCUT2D eigenvalue weighted by atomic mass is 10.6. The zero-order chi connectivity index (χ0) is 7.56. The predicted molar refractivity (Wildman–Crippen MR) is 31.8 cm³/mol. The van der Waals surface area contributed by atoms with E-state index in [0.29, 0.717) is 0 Å². The van der Waals surface area contributed by atoms with Crippen LogP contribution in [0.25, 0.3) is 0 Å². The smallest absolute Gasteiger partial charge is 0.415 e. The number of nitrogens with zero attached hydrogens (tertiary/aromatic N) is 2. The minimum absolute atomic E-state index is 0.763.